The fraction of sp³-hybridized carbons (Fsp3) is 0.825. The van der Waals surface area contributed by atoms with Gasteiger partial charge in [-0.2, -0.15) is 0 Å². The average Bonchev–Trinajstić information content (AvgIpc) is 3.46. The van der Waals surface area contributed by atoms with Gasteiger partial charge in [-0.25, -0.2) is 0 Å². The monoisotopic (exact) mass is 604 g/mol. The second-order valence-electron chi connectivity index (χ2n) is 17.4. The lowest BCUT2D eigenvalue weighted by Gasteiger charge is -2.61. The summed E-state index contributed by atoms with van der Waals surface area (Å²) in [4.78, 5) is 13.6. The molecule has 0 N–H and O–H groups in total. The summed E-state index contributed by atoms with van der Waals surface area (Å²) < 4.78 is 20.2. The van der Waals surface area contributed by atoms with E-state index in [2.05, 4.69) is 58.9 Å². The minimum atomic E-state index is -0.596. The van der Waals surface area contributed by atoms with E-state index in [1.54, 1.807) is 0 Å². The fourth-order valence-electron chi connectivity index (χ4n) is 12.1. The lowest BCUT2D eigenvalue weighted by Crippen LogP contribution is -2.55. The lowest BCUT2D eigenvalue weighted by atomic mass is 9.44. The Bertz CT molecular complexity index is 1180. The van der Waals surface area contributed by atoms with E-state index in [0.29, 0.717) is 29.8 Å². The number of hydrogen-bond donors (Lipinski definition) is 0. The second-order valence-corrected chi connectivity index (χ2v) is 17.4. The molecule has 244 valence electrons. The van der Waals surface area contributed by atoms with Crippen molar-refractivity contribution < 1.29 is 19.0 Å². The highest BCUT2D eigenvalue weighted by Crippen LogP contribution is 2.71. The molecule has 4 aliphatic carbocycles. The predicted molar refractivity (Wildman–Crippen MR) is 175 cm³/mol. The Morgan fingerprint density at radius 3 is 2.45 bits per heavy atom. The standard InChI is InChI=1S/C40H60O4/c1-25(2)21-28-10-12-29(13-11-28)27(4)37(41)42-24-34-36-35(44-40(34)20-16-26(3)23-43-40)22-33-31-15-14-30-9-7-8-18-38(30,5)32(31)17-19-39(33,36)6/h10-13,25-27,30-36H,7-9,14-24H2,1-6H3/t26?,27?,30?,31-,32+,33+,34+,35+,36+,38+,39+,40-/m1/s1. The normalized spacial score (nSPS) is 45.3. The van der Waals surface area contributed by atoms with Crippen LogP contribution in [0.2, 0.25) is 0 Å². The van der Waals surface area contributed by atoms with Gasteiger partial charge in [0.2, 0.25) is 0 Å². The smallest absolute Gasteiger partial charge is 0.313 e. The van der Waals surface area contributed by atoms with E-state index in [-0.39, 0.29) is 29.3 Å². The maximum absolute atomic E-state index is 13.6. The first-order chi connectivity index (χ1) is 21.0. The molecule has 1 spiro atoms. The molecule has 2 aliphatic heterocycles. The maximum atomic E-state index is 13.6. The van der Waals surface area contributed by atoms with Crippen LogP contribution in [0, 0.1) is 58.2 Å². The number of carbonyl (C=O) groups excluding carboxylic acids is 1. The molecule has 7 rings (SSSR count). The molecule has 44 heavy (non-hydrogen) atoms. The molecule has 4 nitrogen and oxygen atoms in total. The Kier molecular flexibility index (Phi) is 8.30. The summed E-state index contributed by atoms with van der Waals surface area (Å²) in [6, 6.07) is 8.59. The molecule has 3 unspecified atom stereocenters. The number of fused-ring (bicyclic) bond motifs is 7. The zero-order valence-electron chi connectivity index (χ0n) is 28.6. The first-order valence-corrected chi connectivity index (χ1v) is 18.6. The molecule has 0 radical (unpaired) electrons. The van der Waals surface area contributed by atoms with E-state index in [1.807, 2.05) is 6.92 Å². The largest absolute Gasteiger partial charge is 0.465 e. The molecule has 0 amide bonds. The molecule has 2 saturated heterocycles. The Balaban J connectivity index is 1.10. The first-order valence-electron chi connectivity index (χ1n) is 18.6. The van der Waals surface area contributed by atoms with Gasteiger partial charge >= 0.3 is 5.97 Å². The van der Waals surface area contributed by atoms with Crippen molar-refractivity contribution >= 4 is 5.97 Å². The van der Waals surface area contributed by atoms with Crippen molar-refractivity contribution in [3.05, 3.63) is 35.4 Å². The number of esters is 1. The molecular weight excluding hydrogens is 544 g/mol. The van der Waals surface area contributed by atoms with E-state index in [0.717, 1.165) is 55.1 Å². The Morgan fingerprint density at radius 1 is 0.932 bits per heavy atom. The first kappa shape index (κ1) is 31.2. The summed E-state index contributed by atoms with van der Waals surface area (Å²) in [5.74, 6) is 4.06. The summed E-state index contributed by atoms with van der Waals surface area (Å²) in [7, 11) is 0. The molecule has 1 aromatic carbocycles. The zero-order valence-corrected chi connectivity index (χ0v) is 28.6. The Hall–Kier alpha value is -1.39. The molecule has 0 bridgehead atoms. The molecular formula is C40H60O4. The van der Waals surface area contributed by atoms with Gasteiger partial charge in [0.25, 0.3) is 0 Å². The van der Waals surface area contributed by atoms with Crippen LogP contribution in [-0.4, -0.2) is 31.1 Å². The summed E-state index contributed by atoms with van der Waals surface area (Å²) in [6.07, 6.45) is 15.8. The average molecular weight is 605 g/mol. The molecule has 0 aromatic heterocycles. The van der Waals surface area contributed by atoms with Crippen LogP contribution >= 0.6 is 0 Å². The molecule has 2 heterocycles. The number of benzene rings is 1. The number of carbonyl (C=O) groups is 1. The van der Waals surface area contributed by atoms with Crippen LogP contribution in [0.25, 0.3) is 0 Å². The van der Waals surface area contributed by atoms with Gasteiger partial charge in [-0.15, -0.1) is 0 Å². The quantitative estimate of drug-likeness (QED) is 0.304. The van der Waals surface area contributed by atoms with Crippen molar-refractivity contribution in [3.8, 4) is 0 Å². The Morgan fingerprint density at radius 2 is 1.73 bits per heavy atom. The Labute approximate surface area is 267 Å². The van der Waals surface area contributed by atoms with Gasteiger partial charge in [-0.05, 0) is 122 Å². The SMILES string of the molecule is CC(C)Cc1ccc(C(C)C(=O)OC[C@H]2[C@H]3[C@H](C[C@H]4[C@@H]5CCC6CCCC[C@]6(C)[C@H]5CC[C@]34C)O[C@]23CCC(C)CO3)cc1. The van der Waals surface area contributed by atoms with Crippen molar-refractivity contribution in [2.24, 2.45) is 58.2 Å². The van der Waals surface area contributed by atoms with Crippen molar-refractivity contribution in [1.82, 2.24) is 0 Å². The van der Waals surface area contributed by atoms with Crippen LogP contribution in [0.15, 0.2) is 24.3 Å². The number of hydrogen-bond acceptors (Lipinski definition) is 4. The van der Waals surface area contributed by atoms with Crippen LogP contribution in [0.4, 0.5) is 0 Å². The van der Waals surface area contributed by atoms with E-state index in [1.165, 1.54) is 63.4 Å². The van der Waals surface area contributed by atoms with Crippen molar-refractivity contribution in [2.75, 3.05) is 13.2 Å². The molecule has 4 saturated carbocycles. The van der Waals surface area contributed by atoms with Crippen molar-refractivity contribution in [1.29, 1.82) is 0 Å². The number of ether oxygens (including phenoxy) is 3. The molecule has 12 atom stereocenters. The molecule has 6 aliphatic rings. The summed E-state index contributed by atoms with van der Waals surface area (Å²) in [6.45, 7) is 15.2. The highest BCUT2D eigenvalue weighted by molar-refractivity contribution is 5.77. The summed E-state index contributed by atoms with van der Waals surface area (Å²) in [5.41, 5.74) is 3.14. The van der Waals surface area contributed by atoms with E-state index >= 15 is 0 Å². The second kappa shape index (κ2) is 11.7. The minimum absolute atomic E-state index is 0.109. The summed E-state index contributed by atoms with van der Waals surface area (Å²) >= 11 is 0. The third-order valence-electron chi connectivity index (χ3n) is 14.5. The lowest BCUT2D eigenvalue weighted by molar-refractivity contribution is -0.279. The third-order valence-corrected chi connectivity index (χ3v) is 14.5. The van der Waals surface area contributed by atoms with Gasteiger partial charge in [0.05, 0.1) is 31.2 Å². The third kappa shape index (κ3) is 5.11. The molecule has 1 aromatic rings. The zero-order chi connectivity index (χ0) is 30.9. The van der Waals surface area contributed by atoms with Crippen LogP contribution in [0.3, 0.4) is 0 Å². The minimum Gasteiger partial charge on any atom is -0.465 e. The highest BCUT2D eigenvalue weighted by atomic mass is 16.7. The van der Waals surface area contributed by atoms with Crippen molar-refractivity contribution in [3.63, 3.8) is 0 Å². The van der Waals surface area contributed by atoms with E-state index in [4.69, 9.17) is 14.2 Å². The maximum Gasteiger partial charge on any atom is 0.313 e. The van der Waals surface area contributed by atoms with Crippen LogP contribution in [-0.2, 0) is 25.4 Å². The van der Waals surface area contributed by atoms with Gasteiger partial charge in [0, 0.05) is 12.3 Å². The van der Waals surface area contributed by atoms with Gasteiger partial charge in [-0.3, -0.25) is 4.79 Å². The number of rotatable bonds is 6. The predicted octanol–water partition coefficient (Wildman–Crippen LogP) is 9.35. The highest BCUT2D eigenvalue weighted by Gasteiger charge is 2.70. The summed E-state index contributed by atoms with van der Waals surface area (Å²) in [5, 5.41) is 0. The van der Waals surface area contributed by atoms with Gasteiger partial charge in [-0.1, -0.05) is 71.7 Å². The van der Waals surface area contributed by atoms with Crippen LogP contribution in [0.5, 0.6) is 0 Å². The van der Waals surface area contributed by atoms with E-state index < -0.39 is 5.79 Å². The van der Waals surface area contributed by atoms with Crippen molar-refractivity contribution in [2.45, 2.75) is 136 Å². The van der Waals surface area contributed by atoms with E-state index in [9.17, 15) is 4.79 Å². The van der Waals surface area contributed by atoms with Gasteiger partial charge in [0.1, 0.15) is 0 Å². The van der Waals surface area contributed by atoms with Gasteiger partial charge in [0.15, 0.2) is 5.79 Å². The molecule has 4 heteroatoms. The molecule has 6 fully saturated rings. The fourth-order valence-corrected chi connectivity index (χ4v) is 12.1. The van der Waals surface area contributed by atoms with Crippen LogP contribution in [0.1, 0.15) is 129 Å². The topological polar surface area (TPSA) is 44.8 Å². The van der Waals surface area contributed by atoms with Gasteiger partial charge < -0.3 is 14.2 Å². The van der Waals surface area contributed by atoms with Crippen LogP contribution < -0.4 is 0 Å².